The zero-order valence-corrected chi connectivity index (χ0v) is 14.1. The molecular weight excluding hydrogens is 342 g/mol. The van der Waals surface area contributed by atoms with Crippen LogP contribution in [-0.4, -0.2) is 46.9 Å². The number of esters is 1. The van der Waals surface area contributed by atoms with Gasteiger partial charge < -0.3 is 9.26 Å². The van der Waals surface area contributed by atoms with Crippen LogP contribution in [0.4, 0.5) is 5.88 Å². The van der Waals surface area contributed by atoms with Crippen molar-refractivity contribution in [1.82, 2.24) is 10.1 Å². The molecule has 1 aliphatic heterocycles. The van der Waals surface area contributed by atoms with Gasteiger partial charge in [0, 0.05) is 0 Å². The molecule has 9 heteroatoms. The number of aryl methyl sites for hydroxylation is 1. The third-order valence-corrected chi connectivity index (χ3v) is 3.78. The third-order valence-electron chi connectivity index (χ3n) is 3.78. The number of rotatable bonds is 5. The Hall–Kier alpha value is -3.49. The van der Waals surface area contributed by atoms with Crippen LogP contribution < -0.4 is 5.32 Å². The molecule has 0 saturated carbocycles. The summed E-state index contributed by atoms with van der Waals surface area (Å²) in [5.41, 5.74) is 0.725. The quantitative estimate of drug-likeness (QED) is 0.634. The maximum Gasteiger partial charge on any atom is 0.345 e. The number of hydrogen-bond donors (Lipinski definition) is 1. The molecule has 2 heterocycles. The number of nitrogens with one attached hydrogen (secondary N) is 1. The number of imide groups is 1. The highest BCUT2D eigenvalue weighted by Crippen LogP contribution is 2.23. The van der Waals surface area contributed by atoms with Crippen molar-refractivity contribution in [3.63, 3.8) is 0 Å². The number of ether oxygens (including phenoxy) is 1. The summed E-state index contributed by atoms with van der Waals surface area (Å²) in [5, 5.41) is 5.98. The SMILES string of the molecule is CCOC(=O)c1c(C)noc1NC(=O)CN1C(=O)c2ccccc2C1=O. The van der Waals surface area contributed by atoms with E-state index in [-0.39, 0.29) is 34.9 Å². The smallest absolute Gasteiger partial charge is 0.345 e. The average Bonchev–Trinajstić information content (AvgIpc) is 3.09. The number of fused-ring (bicyclic) bond motifs is 1. The first kappa shape index (κ1) is 17.3. The molecule has 1 aromatic carbocycles. The number of nitrogens with zero attached hydrogens (tertiary/aromatic N) is 2. The van der Waals surface area contributed by atoms with Crippen molar-refractivity contribution in [3.05, 3.63) is 46.6 Å². The van der Waals surface area contributed by atoms with Crippen molar-refractivity contribution < 1.29 is 28.4 Å². The van der Waals surface area contributed by atoms with E-state index in [9.17, 15) is 19.2 Å². The van der Waals surface area contributed by atoms with E-state index in [1.165, 1.54) is 19.1 Å². The van der Waals surface area contributed by atoms with E-state index in [1.807, 2.05) is 0 Å². The molecule has 1 aliphatic rings. The fourth-order valence-electron chi connectivity index (χ4n) is 2.59. The Bertz CT molecular complexity index is 882. The first-order valence-corrected chi connectivity index (χ1v) is 7.82. The molecule has 0 aliphatic carbocycles. The number of amides is 3. The summed E-state index contributed by atoms with van der Waals surface area (Å²) >= 11 is 0. The van der Waals surface area contributed by atoms with Gasteiger partial charge in [-0.25, -0.2) is 4.79 Å². The van der Waals surface area contributed by atoms with Crippen molar-refractivity contribution in [2.24, 2.45) is 0 Å². The lowest BCUT2D eigenvalue weighted by molar-refractivity contribution is -0.116. The highest BCUT2D eigenvalue weighted by atomic mass is 16.5. The normalized spacial score (nSPS) is 12.9. The Morgan fingerprint density at radius 3 is 2.38 bits per heavy atom. The molecular formula is C17H15N3O6. The maximum absolute atomic E-state index is 12.3. The number of carbonyl (C=O) groups is 4. The second kappa shape index (κ2) is 6.79. The molecule has 0 bridgehead atoms. The molecule has 0 atom stereocenters. The van der Waals surface area contributed by atoms with Crippen LogP contribution in [-0.2, 0) is 9.53 Å². The molecule has 0 fully saturated rings. The van der Waals surface area contributed by atoms with Gasteiger partial charge in [0.1, 0.15) is 12.1 Å². The van der Waals surface area contributed by atoms with Gasteiger partial charge in [-0.05, 0) is 26.0 Å². The molecule has 134 valence electrons. The third kappa shape index (κ3) is 2.94. The zero-order chi connectivity index (χ0) is 18.8. The summed E-state index contributed by atoms with van der Waals surface area (Å²) in [7, 11) is 0. The minimum atomic E-state index is -0.707. The molecule has 1 N–H and O–H groups in total. The fourth-order valence-corrected chi connectivity index (χ4v) is 2.59. The Balaban J connectivity index is 1.74. The first-order valence-electron chi connectivity index (χ1n) is 7.82. The van der Waals surface area contributed by atoms with Crippen LogP contribution in [0.15, 0.2) is 28.8 Å². The largest absolute Gasteiger partial charge is 0.462 e. The van der Waals surface area contributed by atoms with E-state index < -0.39 is 30.2 Å². The molecule has 0 unspecified atom stereocenters. The van der Waals surface area contributed by atoms with Gasteiger partial charge in [-0.3, -0.25) is 24.6 Å². The molecule has 2 aromatic rings. The van der Waals surface area contributed by atoms with Gasteiger partial charge >= 0.3 is 5.97 Å². The standard InChI is InChI=1S/C17H15N3O6/c1-3-25-17(24)13-9(2)19-26-14(13)18-12(21)8-20-15(22)10-6-4-5-7-11(10)16(20)23/h4-7H,3,8H2,1-2H3,(H,18,21). The Kier molecular flexibility index (Phi) is 4.53. The molecule has 0 radical (unpaired) electrons. The minimum absolute atomic E-state index is 0.0115. The number of carbonyl (C=O) groups excluding carboxylic acids is 4. The summed E-state index contributed by atoms with van der Waals surface area (Å²) < 4.78 is 9.83. The molecule has 0 spiro atoms. The number of hydrogen-bond acceptors (Lipinski definition) is 7. The summed E-state index contributed by atoms with van der Waals surface area (Å²) in [6.07, 6.45) is 0. The van der Waals surface area contributed by atoms with E-state index in [0.29, 0.717) is 0 Å². The van der Waals surface area contributed by atoms with Gasteiger partial charge in [-0.15, -0.1) is 0 Å². The minimum Gasteiger partial charge on any atom is -0.462 e. The van der Waals surface area contributed by atoms with Gasteiger partial charge in [0.2, 0.25) is 11.8 Å². The van der Waals surface area contributed by atoms with Crippen LogP contribution in [0, 0.1) is 6.92 Å². The van der Waals surface area contributed by atoms with Gasteiger partial charge in [0.05, 0.1) is 23.4 Å². The molecule has 0 saturated heterocycles. The van der Waals surface area contributed by atoms with Crippen LogP contribution in [0.25, 0.3) is 0 Å². The molecule has 9 nitrogen and oxygen atoms in total. The molecule has 3 amide bonds. The highest BCUT2D eigenvalue weighted by Gasteiger charge is 2.36. The van der Waals surface area contributed by atoms with Gasteiger partial charge in [-0.2, -0.15) is 0 Å². The lowest BCUT2D eigenvalue weighted by Crippen LogP contribution is -2.37. The fraction of sp³-hybridized carbons (Fsp3) is 0.235. The molecule has 1 aromatic heterocycles. The van der Waals surface area contributed by atoms with Crippen LogP contribution in [0.5, 0.6) is 0 Å². The van der Waals surface area contributed by atoms with Crippen LogP contribution in [0.3, 0.4) is 0 Å². The van der Waals surface area contributed by atoms with Crippen LogP contribution in [0.2, 0.25) is 0 Å². The second-order valence-electron chi connectivity index (χ2n) is 5.48. The van der Waals surface area contributed by atoms with E-state index >= 15 is 0 Å². The topological polar surface area (TPSA) is 119 Å². The maximum atomic E-state index is 12.3. The molecule has 3 rings (SSSR count). The monoisotopic (exact) mass is 357 g/mol. The Morgan fingerprint density at radius 1 is 1.19 bits per heavy atom. The van der Waals surface area contributed by atoms with E-state index in [1.54, 1.807) is 19.1 Å². The van der Waals surface area contributed by atoms with E-state index in [0.717, 1.165) is 4.90 Å². The Morgan fingerprint density at radius 2 is 1.81 bits per heavy atom. The summed E-state index contributed by atoms with van der Waals surface area (Å²) in [6, 6.07) is 6.31. The van der Waals surface area contributed by atoms with Gasteiger partial charge in [-0.1, -0.05) is 17.3 Å². The first-order chi connectivity index (χ1) is 12.4. The highest BCUT2D eigenvalue weighted by molar-refractivity contribution is 6.22. The number of aromatic nitrogens is 1. The Labute approximate surface area is 147 Å². The number of benzene rings is 1. The molecule has 26 heavy (non-hydrogen) atoms. The van der Waals surface area contributed by atoms with Gasteiger partial charge in [0.25, 0.3) is 11.8 Å². The van der Waals surface area contributed by atoms with Crippen molar-refractivity contribution in [2.45, 2.75) is 13.8 Å². The predicted octanol–water partition coefficient (Wildman–Crippen LogP) is 1.39. The predicted molar refractivity (Wildman–Crippen MR) is 87.6 cm³/mol. The van der Waals surface area contributed by atoms with Crippen LogP contribution in [0.1, 0.15) is 43.7 Å². The van der Waals surface area contributed by atoms with Crippen LogP contribution >= 0.6 is 0 Å². The lowest BCUT2D eigenvalue weighted by atomic mass is 10.1. The van der Waals surface area contributed by atoms with E-state index in [4.69, 9.17) is 9.26 Å². The second-order valence-corrected chi connectivity index (χ2v) is 5.48. The summed E-state index contributed by atoms with van der Waals surface area (Å²) in [6.45, 7) is 2.79. The summed E-state index contributed by atoms with van der Waals surface area (Å²) in [4.78, 5) is 49.6. The summed E-state index contributed by atoms with van der Waals surface area (Å²) in [5.74, 6) is -2.70. The van der Waals surface area contributed by atoms with Crippen molar-refractivity contribution in [1.29, 1.82) is 0 Å². The van der Waals surface area contributed by atoms with Crippen molar-refractivity contribution in [3.8, 4) is 0 Å². The van der Waals surface area contributed by atoms with E-state index in [2.05, 4.69) is 10.5 Å². The lowest BCUT2D eigenvalue weighted by Gasteiger charge is -2.12. The van der Waals surface area contributed by atoms with Crippen molar-refractivity contribution in [2.75, 3.05) is 18.5 Å². The zero-order valence-electron chi connectivity index (χ0n) is 14.1. The number of anilines is 1. The van der Waals surface area contributed by atoms with Crippen molar-refractivity contribution >= 4 is 29.6 Å². The average molecular weight is 357 g/mol. The van der Waals surface area contributed by atoms with Gasteiger partial charge in [0.15, 0.2) is 0 Å².